The number of fused-ring (bicyclic) bond motifs is 15. The number of rotatable bonds is 4. The second-order valence-corrected chi connectivity index (χ2v) is 18.3. The lowest BCUT2D eigenvalue weighted by atomic mass is 9.36. The van der Waals surface area contributed by atoms with Gasteiger partial charge in [0.05, 0.1) is 11.1 Å². The van der Waals surface area contributed by atoms with E-state index in [2.05, 4.69) is 204 Å². The topological polar surface area (TPSA) is 6.48 Å². The molecule has 0 bridgehead atoms. The third kappa shape index (κ3) is 4.70. The van der Waals surface area contributed by atoms with Crippen LogP contribution in [0.15, 0.2) is 218 Å². The highest BCUT2D eigenvalue weighted by Crippen LogP contribution is 2.66. The van der Waals surface area contributed by atoms with Gasteiger partial charge in [-0.05, 0) is 116 Å². The molecule has 10 aromatic rings. The summed E-state index contributed by atoms with van der Waals surface area (Å²) in [4.78, 5) is 6.27. The van der Waals surface area contributed by atoms with Gasteiger partial charge in [0.1, 0.15) is 0 Å². The van der Waals surface area contributed by atoms with E-state index < -0.39 is 12.3 Å². The van der Waals surface area contributed by atoms with Crippen LogP contribution < -0.4 is 25.5 Å². The summed E-state index contributed by atoms with van der Waals surface area (Å²) in [6, 6.07) is 78.7. The predicted octanol–water partition coefficient (Wildman–Crippen LogP) is 13.8. The summed E-state index contributed by atoms with van der Waals surface area (Å²) in [5.41, 5.74) is 22.6. The van der Waals surface area contributed by atoms with Crippen molar-refractivity contribution in [2.24, 2.45) is 0 Å². The van der Waals surface area contributed by atoms with E-state index in [1.54, 1.807) is 12.1 Å². The first kappa shape index (κ1) is 33.0. The molecule has 0 unspecified atom stereocenters. The molecular formula is C60H39BN2S. The molecule has 0 N–H and O–H groups in total. The Morgan fingerprint density at radius 2 is 1.00 bits per heavy atom. The zero-order valence-corrected chi connectivity index (χ0v) is 35.5. The SMILES string of the molecule is [2H]C([2H])([2H])c1ccc(N2c3cc(-c4ccccc4-c4ccccc4)ccc3B3c4sc5c(c4N(c4ccccc4)c4cccc2c43)-c2ccccc2C52c3ccccc3-c3ccccc32)cc1. The van der Waals surface area contributed by atoms with Crippen LogP contribution in [0.1, 0.15) is 31.2 Å². The van der Waals surface area contributed by atoms with Crippen molar-refractivity contribution in [3.05, 3.63) is 246 Å². The number of hydrogen-bond acceptors (Lipinski definition) is 3. The third-order valence-corrected chi connectivity index (χ3v) is 15.5. The summed E-state index contributed by atoms with van der Waals surface area (Å²) in [5, 5.41) is 0. The van der Waals surface area contributed by atoms with Crippen molar-refractivity contribution in [1.82, 2.24) is 0 Å². The smallest absolute Gasteiger partial charge is 0.264 e. The van der Waals surface area contributed by atoms with Gasteiger partial charge in [-0.15, -0.1) is 11.3 Å². The molecule has 0 saturated carbocycles. The van der Waals surface area contributed by atoms with Gasteiger partial charge in [-0.3, -0.25) is 0 Å². The van der Waals surface area contributed by atoms with Crippen LogP contribution in [0.2, 0.25) is 0 Å². The second kappa shape index (κ2) is 13.4. The largest absolute Gasteiger partial charge is 0.311 e. The van der Waals surface area contributed by atoms with Gasteiger partial charge in [0.15, 0.2) is 0 Å². The Hall–Kier alpha value is -7.66. The molecule has 2 aliphatic carbocycles. The molecule has 0 amide bonds. The maximum Gasteiger partial charge on any atom is 0.264 e. The second-order valence-electron chi connectivity index (χ2n) is 17.3. The zero-order chi connectivity index (χ0) is 44.6. The Balaban J connectivity index is 1.08. The summed E-state index contributed by atoms with van der Waals surface area (Å²) < 4.78 is 26.0. The molecule has 0 saturated heterocycles. The maximum absolute atomic E-state index is 8.24. The van der Waals surface area contributed by atoms with E-state index in [0.29, 0.717) is 5.56 Å². The fourth-order valence-electron chi connectivity index (χ4n) is 11.7. The molecule has 9 aromatic carbocycles. The molecule has 1 aromatic heterocycles. The third-order valence-electron chi connectivity index (χ3n) is 14.2. The number of para-hydroxylation sites is 1. The van der Waals surface area contributed by atoms with Crippen molar-refractivity contribution in [2.75, 3.05) is 9.80 Å². The highest BCUT2D eigenvalue weighted by Gasteiger charge is 2.56. The molecule has 4 aliphatic rings. The Morgan fingerprint density at radius 3 is 1.67 bits per heavy atom. The van der Waals surface area contributed by atoms with Crippen LogP contribution in [0.25, 0.3) is 44.5 Å². The number of hydrogen-bond donors (Lipinski definition) is 0. The maximum atomic E-state index is 8.24. The first-order valence-electron chi connectivity index (χ1n) is 23.6. The fraction of sp³-hybridized carbons (Fsp3) is 0.0333. The lowest BCUT2D eigenvalue weighted by molar-refractivity contribution is 0.811. The van der Waals surface area contributed by atoms with Crippen molar-refractivity contribution < 1.29 is 4.11 Å². The minimum absolute atomic E-state index is 0.0980. The molecule has 0 fully saturated rings. The first-order valence-corrected chi connectivity index (χ1v) is 22.9. The van der Waals surface area contributed by atoms with Crippen molar-refractivity contribution in [1.29, 1.82) is 0 Å². The summed E-state index contributed by atoms with van der Waals surface area (Å²) >= 11 is 1.98. The van der Waals surface area contributed by atoms with Gasteiger partial charge in [-0.2, -0.15) is 0 Å². The van der Waals surface area contributed by atoms with Gasteiger partial charge >= 0.3 is 0 Å². The van der Waals surface area contributed by atoms with Crippen molar-refractivity contribution in [3.63, 3.8) is 0 Å². The summed E-state index contributed by atoms with van der Waals surface area (Å²) in [6.07, 6.45) is 0. The zero-order valence-electron chi connectivity index (χ0n) is 37.7. The first-order chi connectivity index (χ1) is 32.9. The molecular weight excluding hydrogens is 792 g/mol. The Kier molecular flexibility index (Phi) is 6.92. The lowest BCUT2D eigenvalue weighted by Crippen LogP contribution is -2.60. The molecule has 1 spiro atoms. The van der Waals surface area contributed by atoms with Crippen LogP contribution in [0, 0.1) is 6.85 Å². The molecule has 0 atom stereocenters. The molecule has 298 valence electrons. The van der Waals surface area contributed by atoms with Gasteiger partial charge in [0, 0.05) is 47.8 Å². The van der Waals surface area contributed by atoms with E-state index >= 15 is 0 Å². The standard InChI is InChI=1S/C60H39BN2S/c1-38-31-34-42(35-32-38)62-52-29-16-30-53-56(52)61(51-36-33-40(37-54(51)62)44-22-9-8-21-43(44)39-17-4-2-5-18-39)59-57(63(53)41-19-6-3-7-20-41)55-47-25-12-15-28-50(47)60(58(55)64-59)48-26-13-10-23-45(48)46-24-11-14-27-49(46)60/h2-37H,1H3/i1D3. The van der Waals surface area contributed by atoms with Crippen molar-refractivity contribution >= 4 is 67.9 Å². The van der Waals surface area contributed by atoms with Gasteiger partial charge in [0.2, 0.25) is 0 Å². The Bertz CT molecular complexity index is 3610. The van der Waals surface area contributed by atoms with Crippen molar-refractivity contribution in [2.45, 2.75) is 12.3 Å². The Morgan fingerprint density at radius 1 is 0.453 bits per heavy atom. The van der Waals surface area contributed by atoms with Crippen LogP contribution in [0.3, 0.4) is 0 Å². The minimum Gasteiger partial charge on any atom is -0.311 e. The van der Waals surface area contributed by atoms with Crippen LogP contribution in [0.5, 0.6) is 0 Å². The van der Waals surface area contributed by atoms with Crippen LogP contribution in [-0.2, 0) is 5.41 Å². The van der Waals surface area contributed by atoms with Crippen molar-refractivity contribution in [3.8, 4) is 44.5 Å². The normalized spacial score (nSPS) is 14.9. The van der Waals surface area contributed by atoms with E-state index in [4.69, 9.17) is 4.11 Å². The Labute approximate surface area is 382 Å². The average Bonchev–Trinajstić information content (AvgIpc) is 4.01. The van der Waals surface area contributed by atoms with Gasteiger partial charge in [0.25, 0.3) is 6.71 Å². The van der Waals surface area contributed by atoms with Crippen LogP contribution in [0.4, 0.5) is 34.1 Å². The average molecular weight is 834 g/mol. The van der Waals surface area contributed by atoms with Crippen LogP contribution >= 0.6 is 11.3 Å². The van der Waals surface area contributed by atoms with E-state index in [-0.39, 0.29) is 6.71 Å². The fourth-order valence-corrected chi connectivity index (χ4v) is 13.3. The number of anilines is 6. The van der Waals surface area contributed by atoms with Gasteiger partial charge in [-0.25, -0.2) is 0 Å². The summed E-state index contributed by atoms with van der Waals surface area (Å²) in [7, 11) is 0. The van der Waals surface area contributed by atoms with E-state index in [0.717, 1.165) is 39.6 Å². The van der Waals surface area contributed by atoms with Gasteiger partial charge < -0.3 is 9.80 Å². The van der Waals surface area contributed by atoms with Crippen LogP contribution in [-0.4, -0.2) is 6.71 Å². The number of thiophene rings is 1. The molecule has 14 rings (SSSR count). The van der Waals surface area contributed by atoms with E-state index in [9.17, 15) is 0 Å². The molecule has 2 nitrogen and oxygen atoms in total. The summed E-state index contributed by atoms with van der Waals surface area (Å²) in [5.74, 6) is 0. The number of nitrogens with zero attached hydrogens (tertiary/aromatic N) is 2. The predicted molar refractivity (Wildman–Crippen MR) is 270 cm³/mol. The van der Waals surface area contributed by atoms with E-state index in [1.807, 2.05) is 23.5 Å². The monoisotopic (exact) mass is 833 g/mol. The van der Waals surface area contributed by atoms with E-state index in [1.165, 1.54) is 76.3 Å². The quantitative estimate of drug-likeness (QED) is 0.163. The minimum atomic E-state index is -2.22. The lowest BCUT2D eigenvalue weighted by Gasteiger charge is -2.43. The molecule has 3 heterocycles. The summed E-state index contributed by atoms with van der Waals surface area (Å²) in [6.45, 7) is -2.31. The molecule has 64 heavy (non-hydrogen) atoms. The molecule has 4 heteroatoms. The number of benzene rings is 9. The van der Waals surface area contributed by atoms with Gasteiger partial charge in [-0.1, -0.05) is 181 Å². The highest BCUT2D eigenvalue weighted by atomic mass is 32.1. The molecule has 0 radical (unpaired) electrons. The highest BCUT2D eigenvalue weighted by molar-refractivity contribution is 7.30. The molecule has 2 aliphatic heterocycles. The number of aryl methyl sites for hydroxylation is 1.